The highest BCUT2D eigenvalue weighted by Crippen LogP contribution is 2.30. The first-order chi connectivity index (χ1) is 15.4. The molecule has 32 heavy (non-hydrogen) atoms. The van der Waals surface area contributed by atoms with Crippen LogP contribution in [0.4, 0.5) is 11.8 Å². The van der Waals surface area contributed by atoms with Crippen molar-refractivity contribution in [2.75, 3.05) is 31.5 Å². The van der Waals surface area contributed by atoms with E-state index in [0.717, 1.165) is 51.7 Å². The molecular formula is C24H31BrN4O3. The number of nitrogens with one attached hydrogen (secondary N) is 2. The number of aromatic nitrogens is 2. The number of benzene rings is 2. The van der Waals surface area contributed by atoms with Gasteiger partial charge in [-0.15, -0.1) is 0 Å². The van der Waals surface area contributed by atoms with E-state index in [0.29, 0.717) is 18.3 Å². The van der Waals surface area contributed by atoms with Crippen LogP contribution in [-0.2, 0) is 6.54 Å². The van der Waals surface area contributed by atoms with Crippen LogP contribution in [0.15, 0.2) is 40.9 Å². The number of unbranched alkanes of at least 4 members (excludes halogenated alkanes) is 1. The van der Waals surface area contributed by atoms with Gasteiger partial charge in [0.05, 0.1) is 31.9 Å². The van der Waals surface area contributed by atoms with Crippen molar-refractivity contribution in [3.63, 3.8) is 0 Å². The van der Waals surface area contributed by atoms with Gasteiger partial charge in [-0.1, -0.05) is 35.7 Å². The monoisotopic (exact) mass is 502 g/mol. The summed E-state index contributed by atoms with van der Waals surface area (Å²) in [7, 11) is 3.26. The quantitative estimate of drug-likeness (QED) is 0.324. The molecular weight excluding hydrogens is 472 g/mol. The van der Waals surface area contributed by atoms with Gasteiger partial charge in [-0.05, 0) is 43.7 Å². The van der Waals surface area contributed by atoms with Crippen LogP contribution in [0.3, 0.4) is 0 Å². The Labute approximate surface area is 197 Å². The third-order valence-corrected chi connectivity index (χ3v) is 5.93. The van der Waals surface area contributed by atoms with Crippen molar-refractivity contribution in [2.45, 2.75) is 45.2 Å². The molecule has 8 heteroatoms. The molecule has 7 nitrogen and oxygen atoms in total. The van der Waals surface area contributed by atoms with E-state index in [1.165, 1.54) is 0 Å². The predicted molar refractivity (Wildman–Crippen MR) is 133 cm³/mol. The van der Waals surface area contributed by atoms with Gasteiger partial charge in [-0.2, -0.15) is 4.98 Å². The second-order valence-electron chi connectivity index (χ2n) is 8.04. The summed E-state index contributed by atoms with van der Waals surface area (Å²) in [5.41, 5.74) is 1.29. The molecule has 172 valence electrons. The minimum Gasteiger partial charge on any atom is -0.497 e. The van der Waals surface area contributed by atoms with Crippen molar-refractivity contribution < 1.29 is 14.6 Å². The lowest BCUT2D eigenvalue weighted by Crippen LogP contribution is -2.39. The zero-order valence-electron chi connectivity index (χ0n) is 19.0. The smallest absolute Gasteiger partial charge is 0.225 e. The summed E-state index contributed by atoms with van der Waals surface area (Å²) in [6.45, 7) is 4.66. The fourth-order valence-electron chi connectivity index (χ4n) is 3.48. The maximum absolute atomic E-state index is 10.1. The molecule has 0 aliphatic carbocycles. The lowest BCUT2D eigenvalue weighted by molar-refractivity contribution is 0.212. The standard InChI is InChI=1S/C24H31BrN4O3/c1-5-6-11-24(2,15-30)29-22-19-10-8-17(25)12-20(19)27-23(28-22)26-14-16-7-9-18(31-3)13-21(16)32-4/h7-10,12-13,30H,5-6,11,14-15H2,1-4H3,(H2,26,27,28,29)/t24-/m1/s1. The van der Waals surface area contributed by atoms with Crippen LogP contribution in [0, 0.1) is 0 Å². The zero-order valence-corrected chi connectivity index (χ0v) is 20.6. The van der Waals surface area contributed by atoms with E-state index in [-0.39, 0.29) is 6.61 Å². The number of hydrogen-bond donors (Lipinski definition) is 3. The Balaban J connectivity index is 1.92. The van der Waals surface area contributed by atoms with Gasteiger partial charge >= 0.3 is 0 Å². The molecule has 0 spiro atoms. The molecule has 0 radical (unpaired) electrons. The van der Waals surface area contributed by atoms with Crippen LogP contribution < -0.4 is 20.1 Å². The van der Waals surface area contributed by atoms with Gasteiger partial charge in [0.2, 0.25) is 5.95 Å². The molecule has 0 saturated carbocycles. The molecule has 0 fully saturated rings. The highest BCUT2D eigenvalue weighted by atomic mass is 79.9. The third-order valence-electron chi connectivity index (χ3n) is 5.44. The molecule has 0 saturated heterocycles. The largest absolute Gasteiger partial charge is 0.497 e. The topological polar surface area (TPSA) is 88.5 Å². The highest BCUT2D eigenvalue weighted by molar-refractivity contribution is 9.10. The number of nitrogens with zero attached hydrogens (tertiary/aromatic N) is 2. The molecule has 1 atom stereocenters. The van der Waals surface area contributed by atoms with E-state index in [1.54, 1.807) is 14.2 Å². The summed E-state index contributed by atoms with van der Waals surface area (Å²) >= 11 is 3.53. The fourth-order valence-corrected chi connectivity index (χ4v) is 3.83. The number of halogens is 1. The molecule has 0 aliphatic rings. The molecule has 0 aliphatic heterocycles. The Morgan fingerprint density at radius 3 is 2.59 bits per heavy atom. The van der Waals surface area contributed by atoms with Gasteiger partial charge in [0, 0.05) is 28.0 Å². The summed E-state index contributed by atoms with van der Waals surface area (Å²) in [5.74, 6) is 2.65. The summed E-state index contributed by atoms with van der Waals surface area (Å²) in [4.78, 5) is 9.45. The predicted octanol–water partition coefficient (Wildman–Crippen LogP) is 5.37. The summed E-state index contributed by atoms with van der Waals surface area (Å²) in [6, 6.07) is 11.6. The van der Waals surface area contributed by atoms with Crippen molar-refractivity contribution >= 4 is 38.6 Å². The Morgan fingerprint density at radius 2 is 1.91 bits per heavy atom. The van der Waals surface area contributed by atoms with E-state index >= 15 is 0 Å². The van der Waals surface area contributed by atoms with Crippen LogP contribution in [-0.4, -0.2) is 41.4 Å². The molecule has 3 rings (SSSR count). The lowest BCUT2D eigenvalue weighted by atomic mass is 9.95. The summed E-state index contributed by atoms with van der Waals surface area (Å²) in [5, 5.41) is 17.8. The normalized spacial score (nSPS) is 12.9. The average molecular weight is 503 g/mol. The SMILES string of the molecule is CCCC[C@](C)(CO)Nc1nc(NCc2ccc(OC)cc2OC)nc2cc(Br)ccc12. The number of fused-ring (bicyclic) bond motifs is 1. The van der Waals surface area contributed by atoms with Gasteiger partial charge in [-0.25, -0.2) is 4.98 Å². The third kappa shape index (κ3) is 5.81. The molecule has 1 aromatic heterocycles. The minimum absolute atomic E-state index is 0.0147. The van der Waals surface area contributed by atoms with Crippen LogP contribution in [0.5, 0.6) is 11.5 Å². The van der Waals surface area contributed by atoms with Gasteiger partial charge in [-0.3, -0.25) is 0 Å². The van der Waals surface area contributed by atoms with Crippen molar-refractivity contribution in [3.8, 4) is 11.5 Å². The van der Waals surface area contributed by atoms with Gasteiger partial charge < -0.3 is 25.2 Å². The van der Waals surface area contributed by atoms with Crippen LogP contribution in [0.2, 0.25) is 0 Å². The maximum atomic E-state index is 10.1. The number of aliphatic hydroxyl groups is 1. The average Bonchev–Trinajstić information content (AvgIpc) is 2.81. The highest BCUT2D eigenvalue weighted by Gasteiger charge is 2.24. The first kappa shape index (κ1) is 24.1. The fraction of sp³-hybridized carbons (Fsp3) is 0.417. The second kappa shape index (κ2) is 10.8. The summed E-state index contributed by atoms with van der Waals surface area (Å²) in [6.07, 6.45) is 2.92. The van der Waals surface area contributed by atoms with Gasteiger partial charge in [0.15, 0.2) is 0 Å². The number of rotatable bonds is 11. The number of anilines is 2. The Morgan fingerprint density at radius 1 is 1.09 bits per heavy atom. The maximum Gasteiger partial charge on any atom is 0.225 e. The Kier molecular flexibility index (Phi) is 8.15. The van der Waals surface area contributed by atoms with Crippen LogP contribution >= 0.6 is 15.9 Å². The Hall–Kier alpha value is -2.58. The van der Waals surface area contributed by atoms with E-state index < -0.39 is 5.54 Å². The van der Waals surface area contributed by atoms with Crippen molar-refractivity contribution in [1.82, 2.24) is 9.97 Å². The number of methoxy groups -OCH3 is 2. The van der Waals surface area contributed by atoms with Crippen LogP contribution in [0.1, 0.15) is 38.7 Å². The van der Waals surface area contributed by atoms with Gasteiger partial charge in [0.25, 0.3) is 0 Å². The molecule has 3 N–H and O–H groups in total. The lowest BCUT2D eigenvalue weighted by Gasteiger charge is -2.30. The molecule has 3 aromatic rings. The molecule has 1 heterocycles. The number of ether oxygens (including phenoxy) is 2. The zero-order chi connectivity index (χ0) is 23.1. The molecule has 0 amide bonds. The number of aliphatic hydroxyl groups excluding tert-OH is 1. The minimum atomic E-state index is -0.471. The molecule has 0 unspecified atom stereocenters. The van der Waals surface area contributed by atoms with Crippen molar-refractivity contribution in [3.05, 3.63) is 46.4 Å². The van der Waals surface area contributed by atoms with Crippen molar-refractivity contribution in [2.24, 2.45) is 0 Å². The van der Waals surface area contributed by atoms with Crippen LogP contribution in [0.25, 0.3) is 10.9 Å². The number of hydrogen-bond acceptors (Lipinski definition) is 7. The first-order valence-electron chi connectivity index (χ1n) is 10.7. The van der Waals surface area contributed by atoms with E-state index in [1.807, 2.05) is 43.3 Å². The van der Waals surface area contributed by atoms with E-state index in [2.05, 4.69) is 33.5 Å². The van der Waals surface area contributed by atoms with Crippen molar-refractivity contribution in [1.29, 1.82) is 0 Å². The van der Waals surface area contributed by atoms with E-state index in [4.69, 9.17) is 19.4 Å². The summed E-state index contributed by atoms with van der Waals surface area (Å²) < 4.78 is 11.7. The Bertz CT molecular complexity index is 1060. The van der Waals surface area contributed by atoms with Gasteiger partial charge in [0.1, 0.15) is 17.3 Å². The first-order valence-corrected chi connectivity index (χ1v) is 11.5. The second-order valence-corrected chi connectivity index (χ2v) is 8.95. The molecule has 2 aromatic carbocycles. The van der Waals surface area contributed by atoms with E-state index in [9.17, 15) is 5.11 Å². The molecule has 0 bridgehead atoms.